The zero-order valence-corrected chi connectivity index (χ0v) is 21.7. The summed E-state index contributed by atoms with van der Waals surface area (Å²) in [6.07, 6.45) is 0.622. The average molecular weight is 517 g/mol. The van der Waals surface area contributed by atoms with Gasteiger partial charge in [0.25, 0.3) is 10.0 Å². The third-order valence-corrected chi connectivity index (χ3v) is 7.69. The van der Waals surface area contributed by atoms with Gasteiger partial charge in [0.1, 0.15) is 18.0 Å². The predicted molar refractivity (Wildman–Crippen MR) is 138 cm³/mol. The number of anilines is 1. The normalized spacial score (nSPS) is 12.0. The molecule has 1 amide bonds. The fraction of sp³-hybridized carbons (Fsp3) is 0.269. The molecule has 0 aliphatic heterocycles. The highest BCUT2D eigenvalue weighted by Crippen LogP contribution is 2.32. The molecule has 0 saturated carbocycles. The molecular weight excluding hydrogens is 488 g/mol. The number of hydrogen-bond acceptors (Lipinski definition) is 5. The molecule has 1 atom stereocenters. The van der Waals surface area contributed by atoms with E-state index in [1.54, 1.807) is 37.4 Å². The monoisotopic (exact) mass is 516 g/mol. The number of nitrogens with zero attached hydrogens (tertiary/aromatic N) is 1. The van der Waals surface area contributed by atoms with Gasteiger partial charge in [0.2, 0.25) is 5.91 Å². The molecule has 0 aliphatic rings. The fourth-order valence-electron chi connectivity index (χ4n) is 3.76. The minimum absolute atomic E-state index is 0.0672. The number of amides is 1. The summed E-state index contributed by atoms with van der Waals surface area (Å²) in [6.45, 7) is 3.45. The first-order chi connectivity index (χ1) is 16.7. The van der Waals surface area contributed by atoms with E-state index in [9.17, 15) is 13.2 Å². The van der Waals surface area contributed by atoms with Crippen LogP contribution >= 0.6 is 11.6 Å². The van der Waals surface area contributed by atoms with Crippen LogP contribution in [0.1, 0.15) is 30.5 Å². The number of sulfonamides is 1. The van der Waals surface area contributed by atoms with Crippen LogP contribution in [-0.4, -0.2) is 35.1 Å². The minimum atomic E-state index is -4.05. The maximum absolute atomic E-state index is 13.5. The van der Waals surface area contributed by atoms with E-state index < -0.39 is 22.5 Å². The Morgan fingerprint density at radius 1 is 1.00 bits per heavy atom. The third-order valence-electron chi connectivity index (χ3n) is 5.61. The first kappa shape index (κ1) is 26.4. The van der Waals surface area contributed by atoms with E-state index >= 15 is 0 Å². The van der Waals surface area contributed by atoms with E-state index in [4.69, 9.17) is 21.1 Å². The number of methoxy groups -OCH3 is 2. The highest BCUT2D eigenvalue weighted by Gasteiger charge is 2.28. The highest BCUT2D eigenvalue weighted by molar-refractivity contribution is 7.92. The van der Waals surface area contributed by atoms with Crippen molar-refractivity contribution < 1.29 is 22.7 Å². The van der Waals surface area contributed by atoms with E-state index in [0.717, 1.165) is 21.2 Å². The van der Waals surface area contributed by atoms with Crippen molar-refractivity contribution in [2.24, 2.45) is 0 Å². The summed E-state index contributed by atoms with van der Waals surface area (Å²) in [5, 5.41) is 3.20. The molecule has 35 heavy (non-hydrogen) atoms. The van der Waals surface area contributed by atoms with Gasteiger partial charge in [-0.1, -0.05) is 48.9 Å². The zero-order chi connectivity index (χ0) is 25.6. The quantitative estimate of drug-likeness (QED) is 0.404. The molecule has 0 heterocycles. The number of benzene rings is 3. The van der Waals surface area contributed by atoms with Crippen molar-refractivity contribution in [3.8, 4) is 11.5 Å². The van der Waals surface area contributed by atoms with E-state index in [2.05, 4.69) is 5.32 Å². The van der Waals surface area contributed by atoms with Crippen LogP contribution in [0.15, 0.2) is 71.6 Å². The summed E-state index contributed by atoms with van der Waals surface area (Å²) < 4.78 is 38.6. The summed E-state index contributed by atoms with van der Waals surface area (Å²) in [5.74, 6) is 0.709. The number of carbonyl (C=O) groups excluding carboxylic acids is 1. The zero-order valence-electron chi connectivity index (χ0n) is 20.1. The van der Waals surface area contributed by atoms with Gasteiger partial charge in [0, 0.05) is 0 Å². The van der Waals surface area contributed by atoms with Crippen molar-refractivity contribution in [1.82, 2.24) is 5.32 Å². The van der Waals surface area contributed by atoms with Gasteiger partial charge in [-0.25, -0.2) is 8.42 Å². The molecule has 3 aromatic carbocycles. The standard InChI is InChI=1S/C26H29ClN2O5S/c1-5-23(19-11-13-24(33-3)18(2)15-19)28-26(30)17-29(20-12-14-25(34-4)22(27)16-20)35(31,32)21-9-7-6-8-10-21/h6-16,23H,5,17H2,1-4H3,(H,28,30). The van der Waals surface area contributed by atoms with Gasteiger partial charge >= 0.3 is 0 Å². The molecular formula is C26H29ClN2O5S. The molecule has 0 bridgehead atoms. The van der Waals surface area contributed by atoms with Crippen molar-refractivity contribution in [2.45, 2.75) is 31.2 Å². The van der Waals surface area contributed by atoms with Gasteiger partial charge in [-0.15, -0.1) is 0 Å². The second kappa shape index (κ2) is 11.5. The predicted octanol–water partition coefficient (Wildman–Crippen LogP) is 5.13. The van der Waals surface area contributed by atoms with Crippen LogP contribution in [0.2, 0.25) is 5.02 Å². The van der Waals surface area contributed by atoms with Crippen LogP contribution in [0.4, 0.5) is 5.69 Å². The molecule has 1 unspecified atom stereocenters. The molecule has 0 saturated heterocycles. The molecule has 0 fully saturated rings. The van der Waals surface area contributed by atoms with Crippen LogP contribution in [0, 0.1) is 6.92 Å². The second-order valence-electron chi connectivity index (χ2n) is 7.90. The lowest BCUT2D eigenvalue weighted by Crippen LogP contribution is -2.42. The molecule has 186 valence electrons. The molecule has 0 spiro atoms. The molecule has 9 heteroatoms. The molecule has 7 nitrogen and oxygen atoms in total. The minimum Gasteiger partial charge on any atom is -0.496 e. The molecule has 3 rings (SSSR count). The van der Waals surface area contributed by atoms with E-state index in [0.29, 0.717) is 12.2 Å². The maximum Gasteiger partial charge on any atom is 0.264 e. The molecule has 1 N–H and O–H groups in total. The largest absolute Gasteiger partial charge is 0.496 e. The van der Waals surface area contributed by atoms with Gasteiger partial charge < -0.3 is 14.8 Å². The number of hydrogen-bond donors (Lipinski definition) is 1. The van der Waals surface area contributed by atoms with Crippen LogP contribution in [-0.2, 0) is 14.8 Å². The summed E-state index contributed by atoms with van der Waals surface area (Å²) >= 11 is 6.28. The third kappa shape index (κ3) is 6.07. The summed E-state index contributed by atoms with van der Waals surface area (Å²) in [7, 11) is -0.976. The van der Waals surface area contributed by atoms with Crippen molar-refractivity contribution in [2.75, 3.05) is 25.1 Å². The molecule has 0 aromatic heterocycles. The second-order valence-corrected chi connectivity index (χ2v) is 10.2. The Morgan fingerprint density at radius 2 is 1.66 bits per heavy atom. The fourth-order valence-corrected chi connectivity index (χ4v) is 5.44. The van der Waals surface area contributed by atoms with E-state index in [1.165, 1.54) is 25.3 Å². The smallest absolute Gasteiger partial charge is 0.264 e. The summed E-state index contributed by atoms with van der Waals surface area (Å²) in [5.41, 5.74) is 2.10. The summed E-state index contributed by atoms with van der Waals surface area (Å²) in [6, 6.07) is 18.0. The Hall–Kier alpha value is -3.23. The van der Waals surface area contributed by atoms with Crippen LogP contribution in [0.5, 0.6) is 11.5 Å². The maximum atomic E-state index is 13.5. The first-order valence-electron chi connectivity index (χ1n) is 11.1. The molecule has 0 radical (unpaired) electrons. The van der Waals surface area contributed by atoms with Crippen molar-refractivity contribution >= 4 is 33.2 Å². The van der Waals surface area contributed by atoms with Crippen molar-refractivity contribution in [1.29, 1.82) is 0 Å². The number of aryl methyl sites for hydroxylation is 1. The Kier molecular flexibility index (Phi) is 8.64. The SMILES string of the molecule is CCC(NC(=O)CN(c1ccc(OC)c(Cl)c1)S(=O)(=O)c1ccccc1)c1ccc(OC)c(C)c1. The summed E-state index contributed by atoms with van der Waals surface area (Å²) in [4.78, 5) is 13.2. The van der Waals surface area contributed by atoms with Crippen LogP contribution in [0.25, 0.3) is 0 Å². The average Bonchev–Trinajstić information content (AvgIpc) is 2.86. The Morgan fingerprint density at radius 3 is 2.23 bits per heavy atom. The number of carbonyl (C=O) groups is 1. The van der Waals surface area contributed by atoms with E-state index in [-0.39, 0.29) is 21.6 Å². The van der Waals surface area contributed by atoms with Crippen molar-refractivity contribution in [3.05, 3.63) is 82.9 Å². The number of rotatable bonds is 10. The van der Waals surface area contributed by atoms with Gasteiger partial charge in [0.15, 0.2) is 0 Å². The Labute approximate surface area is 211 Å². The Balaban J connectivity index is 1.93. The lowest BCUT2D eigenvalue weighted by atomic mass is 10.0. The van der Waals surface area contributed by atoms with Gasteiger partial charge in [0.05, 0.1) is 35.9 Å². The molecule has 3 aromatic rings. The molecule has 0 aliphatic carbocycles. The van der Waals surface area contributed by atoms with Gasteiger partial charge in [-0.2, -0.15) is 0 Å². The Bertz CT molecular complexity index is 1280. The number of ether oxygens (including phenoxy) is 2. The van der Waals surface area contributed by atoms with Gasteiger partial charge in [-0.3, -0.25) is 9.10 Å². The number of nitrogens with one attached hydrogen (secondary N) is 1. The van der Waals surface area contributed by atoms with Crippen LogP contribution < -0.4 is 19.1 Å². The highest BCUT2D eigenvalue weighted by atomic mass is 35.5. The van der Waals surface area contributed by atoms with Crippen molar-refractivity contribution in [3.63, 3.8) is 0 Å². The lowest BCUT2D eigenvalue weighted by Gasteiger charge is -2.26. The van der Waals surface area contributed by atoms with Gasteiger partial charge in [-0.05, 0) is 60.9 Å². The first-order valence-corrected chi connectivity index (χ1v) is 12.9. The van der Waals surface area contributed by atoms with E-state index in [1.807, 2.05) is 32.0 Å². The topological polar surface area (TPSA) is 84.9 Å². The lowest BCUT2D eigenvalue weighted by molar-refractivity contribution is -0.120. The number of halogens is 1. The van der Waals surface area contributed by atoms with Crippen LogP contribution in [0.3, 0.4) is 0 Å².